The summed E-state index contributed by atoms with van der Waals surface area (Å²) >= 11 is 6.49. The van der Waals surface area contributed by atoms with Crippen molar-refractivity contribution >= 4 is 41.2 Å². The summed E-state index contributed by atoms with van der Waals surface area (Å²) in [5, 5.41) is 15.2. The van der Waals surface area contributed by atoms with Crippen LogP contribution >= 0.6 is 11.6 Å². The van der Waals surface area contributed by atoms with Gasteiger partial charge in [-0.1, -0.05) is 103 Å². The number of benzene rings is 4. The van der Waals surface area contributed by atoms with Gasteiger partial charge in [0.25, 0.3) is 5.91 Å². The highest BCUT2D eigenvalue weighted by atomic mass is 35.5. The quantitative estimate of drug-likeness (QED) is 0.209. The fourth-order valence-electron chi connectivity index (χ4n) is 6.97. The van der Waals surface area contributed by atoms with Crippen LogP contribution < -0.4 is 10.3 Å². The number of aliphatic hydroxyl groups excluding tert-OH is 1. The second kappa shape index (κ2) is 9.51. The Labute approximate surface area is 241 Å². The predicted octanol–water partition coefficient (Wildman–Crippen LogP) is 4.73. The topological polar surface area (TPSA) is 99.1 Å². The van der Waals surface area contributed by atoms with Crippen LogP contribution in [0.2, 0.25) is 5.02 Å². The van der Waals surface area contributed by atoms with E-state index in [-0.39, 0.29) is 17.7 Å². The van der Waals surface area contributed by atoms with E-state index < -0.39 is 29.3 Å². The molecule has 3 atom stereocenters. The molecule has 1 heterocycles. The van der Waals surface area contributed by atoms with E-state index in [1.807, 2.05) is 48.5 Å². The minimum absolute atomic E-state index is 0.306. The number of anilines is 1. The summed E-state index contributed by atoms with van der Waals surface area (Å²) in [7, 11) is 0. The van der Waals surface area contributed by atoms with Crippen molar-refractivity contribution in [1.82, 2.24) is 5.43 Å². The number of rotatable bonds is 5. The molecule has 0 spiro atoms. The van der Waals surface area contributed by atoms with Crippen molar-refractivity contribution in [3.63, 3.8) is 0 Å². The Balaban J connectivity index is 1.38. The van der Waals surface area contributed by atoms with Gasteiger partial charge in [0.2, 0.25) is 11.8 Å². The molecule has 2 N–H and O–H groups in total. The molecule has 1 saturated heterocycles. The smallest absolute Gasteiger partial charge is 0.273 e. The summed E-state index contributed by atoms with van der Waals surface area (Å²) in [6.07, 6.45) is 0.139. The molecule has 0 saturated carbocycles. The minimum atomic E-state index is -1.43. The fourth-order valence-corrected chi connectivity index (χ4v) is 7.19. The molecule has 8 rings (SSSR count). The number of carbonyl (C=O) groups excluding carboxylic acids is 3. The van der Waals surface area contributed by atoms with Crippen molar-refractivity contribution in [1.29, 1.82) is 0 Å². The van der Waals surface area contributed by atoms with Crippen LogP contribution in [0.3, 0.4) is 0 Å². The molecule has 1 fully saturated rings. The van der Waals surface area contributed by atoms with Gasteiger partial charge in [0.1, 0.15) is 0 Å². The molecule has 4 aromatic rings. The number of nitrogens with one attached hydrogen (secondary N) is 1. The maximum Gasteiger partial charge on any atom is 0.273 e. The molecule has 0 aromatic heterocycles. The second-order valence-corrected chi connectivity index (χ2v) is 10.9. The number of hydrogen-bond acceptors (Lipinski definition) is 5. The molecule has 4 aliphatic rings. The normalized spacial score (nSPS) is 24.6. The number of hydrazone groups is 1. The molecule has 0 unspecified atom stereocenters. The molecule has 202 valence electrons. The number of aliphatic hydroxyl groups is 1. The van der Waals surface area contributed by atoms with E-state index in [2.05, 4.69) is 10.5 Å². The summed E-state index contributed by atoms with van der Waals surface area (Å²) in [4.78, 5) is 42.6. The van der Waals surface area contributed by atoms with E-state index in [1.54, 1.807) is 60.8 Å². The van der Waals surface area contributed by atoms with E-state index in [9.17, 15) is 19.5 Å². The zero-order chi connectivity index (χ0) is 28.3. The van der Waals surface area contributed by atoms with Gasteiger partial charge in [-0.3, -0.25) is 14.4 Å². The second-order valence-electron chi connectivity index (χ2n) is 10.5. The number of para-hydroxylation sites is 1. The van der Waals surface area contributed by atoms with Crippen molar-refractivity contribution in [2.75, 3.05) is 4.90 Å². The van der Waals surface area contributed by atoms with Gasteiger partial charge in [-0.2, -0.15) is 5.10 Å². The van der Waals surface area contributed by atoms with Crippen LogP contribution in [-0.2, 0) is 19.8 Å². The maximum atomic E-state index is 14.4. The molecule has 41 heavy (non-hydrogen) atoms. The van der Waals surface area contributed by atoms with E-state index in [4.69, 9.17) is 11.6 Å². The van der Waals surface area contributed by atoms with Gasteiger partial charge >= 0.3 is 0 Å². The Bertz CT molecular complexity index is 1710. The van der Waals surface area contributed by atoms with Gasteiger partial charge in [0, 0.05) is 12.1 Å². The average Bonchev–Trinajstić information content (AvgIpc) is 3.28. The SMILES string of the molecule is O=C(N/N=C\C12c3ccccc3C(c3ccccc31)[C@@H]1C(=O)N(c3ccccc3Cl)C(=O)[C@@H]12)[C@@H](O)c1ccccc1. The van der Waals surface area contributed by atoms with Crippen LogP contribution in [0.25, 0.3) is 0 Å². The lowest BCUT2D eigenvalue weighted by atomic mass is 9.47. The van der Waals surface area contributed by atoms with E-state index in [0.29, 0.717) is 16.3 Å². The van der Waals surface area contributed by atoms with Crippen molar-refractivity contribution in [3.05, 3.63) is 136 Å². The summed E-state index contributed by atoms with van der Waals surface area (Å²) in [5.41, 5.74) is 5.69. The molecule has 0 radical (unpaired) electrons. The Hall–Kier alpha value is -4.59. The number of amides is 3. The summed E-state index contributed by atoms with van der Waals surface area (Å²) in [5.74, 6) is -3.24. The van der Waals surface area contributed by atoms with E-state index >= 15 is 0 Å². The number of imide groups is 1. The van der Waals surface area contributed by atoms with Crippen LogP contribution in [0.15, 0.2) is 108 Å². The zero-order valence-electron chi connectivity index (χ0n) is 21.6. The van der Waals surface area contributed by atoms with Crippen molar-refractivity contribution < 1.29 is 19.5 Å². The van der Waals surface area contributed by atoms with Gasteiger partial charge < -0.3 is 5.11 Å². The first kappa shape index (κ1) is 25.4. The highest BCUT2D eigenvalue weighted by Gasteiger charge is 2.68. The zero-order valence-corrected chi connectivity index (χ0v) is 22.4. The molecule has 8 heteroatoms. The summed E-state index contributed by atoms with van der Waals surface area (Å²) in [6.45, 7) is 0. The standard InChI is InChI=1S/C33H24ClN3O4/c34-24-16-8-9-17-25(24)37-31(40)27-26-20-12-4-6-14-22(20)33(28(27)32(37)41,23-15-7-5-13-21(23)26)18-35-36-30(39)29(38)19-10-2-1-3-11-19/h1-18,26-29,38H,(H,36,39)/b35-18-/t26?,27-,28+,29-,33?/m0/s1. The first-order valence-corrected chi connectivity index (χ1v) is 13.7. The van der Waals surface area contributed by atoms with Gasteiger partial charge in [0.15, 0.2) is 6.10 Å². The van der Waals surface area contributed by atoms with Gasteiger partial charge in [-0.25, -0.2) is 10.3 Å². The molecule has 3 amide bonds. The Morgan fingerprint density at radius 3 is 2.10 bits per heavy atom. The number of halogens is 1. The van der Waals surface area contributed by atoms with E-state index in [1.165, 1.54) is 4.90 Å². The largest absolute Gasteiger partial charge is 0.378 e. The van der Waals surface area contributed by atoms with Gasteiger partial charge in [-0.05, 0) is 39.9 Å². The van der Waals surface area contributed by atoms with Crippen molar-refractivity contribution in [2.45, 2.75) is 17.4 Å². The van der Waals surface area contributed by atoms with Crippen LogP contribution in [0.4, 0.5) is 5.69 Å². The number of hydrogen-bond donors (Lipinski definition) is 2. The third kappa shape index (κ3) is 3.56. The Morgan fingerprint density at radius 1 is 0.854 bits per heavy atom. The molecule has 4 aromatic carbocycles. The molecule has 7 nitrogen and oxygen atoms in total. The predicted molar refractivity (Wildman–Crippen MR) is 154 cm³/mol. The molecular formula is C33H24ClN3O4. The lowest BCUT2D eigenvalue weighted by Crippen LogP contribution is -2.54. The van der Waals surface area contributed by atoms with Crippen LogP contribution in [0, 0.1) is 11.8 Å². The average molecular weight is 562 g/mol. The summed E-state index contributed by atoms with van der Waals surface area (Å²) in [6, 6.07) is 30.9. The highest BCUT2D eigenvalue weighted by molar-refractivity contribution is 6.36. The number of carbonyl (C=O) groups is 3. The maximum absolute atomic E-state index is 14.4. The third-order valence-corrected chi connectivity index (χ3v) is 8.90. The third-order valence-electron chi connectivity index (χ3n) is 8.58. The van der Waals surface area contributed by atoms with Gasteiger partial charge in [0.05, 0.1) is 28.0 Å². The van der Waals surface area contributed by atoms with Crippen LogP contribution in [0.5, 0.6) is 0 Å². The highest BCUT2D eigenvalue weighted by Crippen LogP contribution is 2.63. The molecule has 1 aliphatic heterocycles. The van der Waals surface area contributed by atoms with Crippen molar-refractivity contribution in [3.8, 4) is 0 Å². The van der Waals surface area contributed by atoms with Gasteiger partial charge in [-0.15, -0.1) is 0 Å². The first-order valence-electron chi connectivity index (χ1n) is 13.3. The Morgan fingerprint density at radius 2 is 1.44 bits per heavy atom. The lowest BCUT2D eigenvalue weighted by Gasteiger charge is -2.52. The minimum Gasteiger partial charge on any atom is -0.378 e. The van der Waals surface area contributed by atoms with Crippen LogP contribution in [0.1, 0.15) is 39.8 Å². The Kier molecular flexibility index (Phi) is 5.89. The molecular weight excluding hydrogens is 538 g/mol. The summed E-state index contributed by atoms with van der Waals surface area (Å²) < 4.78 is 0. The first-order chi connectivity index (χ1) is 19.9. The lowest BCUT2D eigenvalue weighted by molar-refractivity contribution is -0.129. The number of nitrogens with zero attached hydrogens (tertiary/aromatic N) is 2. The van der Waals surface area contributed by atoms with Crippen LogP contribution in [-0.4, -0.2) is 29.0 Å². The van der Waals surface area contributed by atoms with Crippen molar-refractivity contribution in [2.24, 2.45) is 16.9 Å². The fraction of sp³-hybridized carbons (Fsp3) is 0.152. The molecule has 3 aliphatic carbocycles. The van der Waals surface area contributed by atoms with E-state index in [0.717, 1.165) is 22.3 Å². The molecule has 2 bridgehead atoms. The monoisotopic (exact) mass is 561 g/mol.